The standard InChI is InChI=1S/C18H21FN6/c1-2-16(14-6-4-3-5-7-14)25-18(23-13-20)24-15-8-9-17(22-12-15)21-11-10-19/h3-9,12,16H,2,10-11H2,1H3,(H,21,22)(H2,23,24,25). The Bertz CT molecular complexity index is 709. The zero-order valence-corrected chi connectivity index (χ0v) is 14.0. The van der Waals surface area contributed by atoms with Crippen molar-refractivity contribution in [3.8, 4) is 6.19 Å². The van der Waals surface area contributed by atoms with Crippen LogP contribution < -0.4 is 16.0 Å². The van der Waals surface area contributed by atoms with E-state index in [0.29, 0.717) is 17.5 Å². The quantitative estimate of drug-likeness (QED) is 0.311. The van der Waals surface area contributed by atoms with Crippen molar-refractivity contribution in [2.45, 2.75) is 19.4 Å². The van der Waals surface area contributed by atoms with Gasteiger partial charge in [-0.3, -0.25) is 5.32 Å². The van der Waals surface area contributed by atoms with Gasteiger partial charge >= 0.3 is 0 Å². The molecule has 0 radical (unpaired) electrons. The maximum Gasteiger partial charge on any atom is 0.209 e. The first-order valence-corrected chi connectivity index (χ1v) is 8.07. The van der Waals surface area contributed by atoms with Crippen LogP contribution in [0, 0.1) is 11.5 Å². The highest BCUT2D eigenvalue weighted by Crippen LogP contribution is 2.21. The number of aromatic nitrogens is 1. The van der Waals surface area contributed by atoms with E-state index in [1.807, 2.05) is 43.4 Å². The van der Waals surface area contributed by atoms with Crippen LogP contribution in [-0.2, 0) is 0 Å². The summed E-state index contributed by atoms with van der Waals surface area (Å²) in [5.74, 6) is 0.940. The van der Waals surface area contributed by atoms with Crippen molar-refractivity contribution in [2.75, 3.05) is 23.9 Å². The van der Waals surface area contributed by atoms with E-state index in [1.165, 1.54) is 0 Å². The molecule has 0 saturated heterocycles. The molecule has 0 aliphatic rings. The summed E-state index contributed by atoms with van der Waals surface area (Å²) in [4.78, 5) is 8.78. The largest absolute Gasteiger partial charge is 0.367 e. The fraction of sp³-hybridized carbons (Fsp3) is 0.278. The lowest BCUT2D eigenvalue weighted by Crippen LogP contribution is -2.27. The average Bonchev–Trinajstić information content (AvgIpc) is 2.66. The highest BCUT2D eigenvalue weighted by atomic mass is 19.1. The van der Waals surface area contributed by atoms with Gasteiger partial charge in [0.25, 0.3) is 0 Å². The van der Waals surface area contributed by atoms with Crippen LogP contribution in [0.25, 0.3) is 0 Å². The van der Waals surface area contributed by atoms with Gasteiger partial charge in [-0.2, -0.15) is 5.26 Å². The molecule has 130 valence electrons. The van der Waals surface area contributed by atoms with E-state index in [0.717, 1.165) is 12.0 Å². The van der Waals surface area contributed by atoms with E-state index in [1.54, 1.807) is 18.3 Å². The van der Waals surface area contributed by atoms with Crippen molar-refractivity contribution in [2.24, 2.45) is 4.99 Å². The second-order valence-corrected chi connectivity index (χ2v) is 5.22. The van der Waals surface area contributed by atoms with Crippen molar-refractivity contribution >= 4 is 17.5 Å². The van der Waals surface area contributed by atoms with Gasteiger partial charge in [-0.05, 0) is 24.1 Å². The summed E-state index contributed by atoms with van der Waals surface area (Å²) in [5.41, 5.74) is 1.75. The number of halogens is 1. The lowest BCUT2D eigenvalue weighted by atomic mass is 10.1. The second-order valence-electron chi connectivity index (χ2n) is 5.22. The number of pyridine rings is 1. The summed E-state index contributed by atoms with van der Waals surface area (Å²) in [6.45, 7) is 1.80. The molecule has 3 N–H and O–H groups in total. The molecule has 6 nitrogen and oxygen atoms in total. The summed E-state index contributed by atoms with van der Waals surface area (Å²) in [5, 5.41) is 17.4. The number of guanidine groups is 1. The molecule has 1 aromatic heterocycles. The fourth-order valence-electron chi connectivity index (χ4n) is 2.27. The first kappa shape index (κ1) is 18.2. The lowest BCUT2D eigenvalue weighted by molar-refractivity contribution is 0.512. The van der Waals surface area contributed by atoms with Gasteiger partial charge in [0.1, 0.15) is 12.5 Å². The van der Waals surface area contributed by atoms with Crippen LogP contribution in [0.3, 0.4) is 0 Å². The third-order valence-electron chi connectivity index (χ3n) is 3.46. The molecule has 0 spiro atoms. The number of hydrogen-bond acceptors (Lipinski definition) is 4. The van der Waals surface area contributed by atoms with Gasteiger partial charge in [-0.15, -0.1) is 0 Å². The van der Waals surface area contributed by atoms with Gasteiger partial charge in [-0.1, -0.05) is 37.3 Å². The Balaban J connectivity index is 2.13. The van der Waals surface area contributed by atoms with E-state index in [-0.39, 0.29) is 12.6 Å². The number of rotatable bonds is 7. The van der Waals surface area contributed by atoms with Crippen LogP contribution in [-0.4, -0.2) is 24.2 Å². The Morgan fingerprint density at radius 3 is 2.68 bits per heavy atom. The number of aliphatic imine (C=N–C) groups is 1. The normalized spacial score (nSPS) is 12.1. The van der Waals surface area contributed by atoms with Crippen molar-refractivity contribution in [3.05, 3.63) is 54.2 Å². The molecule has 1 aromatic carbocycles. The minimum atomic E-state index is -0.456. The highest BCUT2D eigenvalue weighted by Gasteiger charge is 2.09. The molecule has 2 rings (SSSR count). The summed E-state index contributed by atoms with van der Waals surface area (Å²) in [7, 11) is 0. The monoisotopic (exact) mass is 340 g/mol. The number of nitrogens with one attached hydrogen (secondary N) is 3. The molecular formula is C18H21FN6. The molecule has 25 heavy (non-hydrogen) atoms. The summed E-state index contributed by atoms with van der Waals surface area (Å²) in [6, 6.07) is 13.3. The molecule has 0 amide bonds. The predicted molar refractivity (Wildman–Crippen MR) is 98.0 cm³/mol. The van der Waals surface area contributed by atoms with Crippen LogP contribution in [0.5, 0.6) is 0 Å². The molecular weight excluding hydrogens is 319 g/mol. The number of alkyl halides is 1. The van der Waals surface area contributed by atoms with Crippen molar-refractivity contribution in [1.29, 1.82) is 5.26 Å². The molecule has 0 aliphatic heterocycles. The Morgan fingerprint density at radius 2 is 2.08 bits per heavy atom. The molecule has 0 fully saturated rings. The molecule has 1 unspecified atom stereocenters. The Kier molecular flexibility index (Phi) is 7.19. The minimum absolute atomic E-state index is 0.0667. The summed E-state index contributed by atoms with van der Waals surface area (Å²) >= 11 is 0. The van der Waals surface area contributed by atoms with E-state index in [4.69, 9.17) is 5.26 Å². The Labute approximate surface area is 146 Å². The molecule has 7 heteroatoms. The third-order valence-corrected chi connectivity index (χ3v) is 3.46. The first-order chi connectivity index (χ1) is 12.3. The average molecular weight is 340 g/mol. The van der Waals surface area contributed by atoms with Crippen molar-refractivity contribution < 1.29 is 4.39 Å². The van der Waals surface area contributed by atoms with Crippen LogP contribution in [0.2, 0.25) is 0 Å². The molecule has 1 heterocycles. The van der Waals surface area contributed by atoms with E-state index >= 15 is 0 Å². The molecule has 2 aromatic rings. The van der Waals surface area contributed by atoms with E-state index in [9.17, 15) is 4.39 Å². The fourth-order valence-corrected chi connectivity index (χ4v) is 2.27. The topological polar surface area (TPSA) is 85.1 Å². The number of anilines is 2. The lowest BCUT2D eigenvalue weighted by Gasteiger charge is -2.14. The maximum atomic E-state index is 12.2. The smallest absolute Gasteiger partial charge is 0.209 e. The maximum absolute atomic E-state index is 12.2. The first-order valence-electron chi connectivity index (χ1n) is 8.07. The SMILES string of the molecule is CCC(N=C(NC#N)Nc1ccc(NCCF)nc1)c1ccccc1. The van der Waals surface area contributed by atoms with Crippen molar-refractivity contribution in [3.63, 3.8) is 0 Å². The molecule has 0 bridgehead atoms. The zero-order chi connectivity index (χ0) is 17.9. The molecule has 0 saturated carbocycles. The van der Waals surface area contributed by atoms with Gasteiger partial charge < -0.3 is 10.6 Å². The Hall–Kier alpha value is -3.14. The Morgan fingerprint density at radius 1 is 1.28 bits per heavy atom. The van der Waals surface area contributed by atoms with Gasteiger partial charge in [0, 0.05) is 6.54 Å². The van der Waals surface area contributed by atoms with Crippen LogP contribution in [0.1, 0.15) is 24.9 Å². The van der Waals surface area contributed by atoms with E-state index in [2.05, 4.69) is 25.9 Å². The minimum Gasteiger partial charge on any atom is -0.367 e. The van der Waals surface area contributed by atoms with Gasteiger partial charge in [0.05, 0.1) is 17.9 Å². The van der Waals surface area contributed by atoms with Crippen LogP contribution >= 0.6 is 0 Å². The number of nitriles is 1. The van der Waals surface area contributed by atoms with Crippen molar-refractivity contribution in [1.82, 2.24) is 10.3 Å². The molecule has 1 atom stereocenters. The van der Waals surface area contributed by atoms with Crippen LogP contribution in [0.15, 0.2) is 53.7 Å². The van der Waals surface area contributed by atoms with E-state index < -0.39 is 6.67 Å². The number of benzene rings is 1. The summed E-state index contributed by atoms with van der Waals surface area (Å²) in [6.07, 6.45) is 4.28. The third kappa shape index (κ3) is 5.77. The second kappa shape index (κ2) is 9.88. The van der Waals surface area contributed by atoms with Gasteiger partial charge in [-0.25, -0.2) is 14.4 Å². The predicted octanol–water partition coefficient (Wildman–Crippen LogP) is 3.45. The van der Waals surface area contributed by atoms with Crippen LogP contribution in [0.4, 0.5) is 15.9 Å². The highest BCUT2D eigenvalue weighted by molar-refractivity contribution is 5.94. The molecule has 0 aliphatic carbocycles. The zero-order valence-electron chi connectivity index (χ0n) is 14.0. The van der Waals surface area contributed by atoms with Gasteiger partial charge in [0.15, 0.2) is 6.19 Å². The summed E-state index contributed by atoms with van der Waals surface area (Å²) < 4.78 is 12.2. The number of nitrogens with zero attached hydrogens (tertiary/aromatic N) is 3. The number of hydrogen-bond donors (Lipinski definition) is 3. The van der Waals surface area contributed by atoms with Gasteiger partial charge in [0.2, 0.25) is 5.96 Å².